The van der Waals surface area contributed by atoms with Crippen molar-refractivity contribution in [2.75, 3.05) is 5.32 Å². The SMILES string of the molecule is CC(C)c1c(F)c(Cl)c(-c2ccc3nc(NC(=O)C4CC4F)cn3c2)c2cn[nH]c12. The largest absolute Gasteiger partial charge is 0.309 e. The van der Waals surface area contributed by atoms with Gasteiger partial charge >= 0.3 is 0 Å². The van der Waals surface area contributed by atoms with E-state index in [9.17, 15) is 9.18 Å². The van der Waals surface area contributed by atoms with Crippen LogP contribution in [0.4, 0.5) is 14.6 Å². The number of carbonyl (C=O) groups is 1. The van der Waals surface area contributed by atoms with Crippen LogP contribution < -0.4 is 5.32 Å². The number of hydrogen-bond acceptors (Lipinski definition) is 3. The van der Waals surface area contributed by atoms with Crippen molar-refractivity contribution >= 4 is 39.9 Å². The molecule has 1 aromatic carbocycles. The van der Waals surface area contributed by atoms with Gasteiger partial charge in [-0.25, -0.2) is 13.8 Å². The summed E-state index contributed by atoms with van der Waals surface area (Å²) >= 11 is 6.46. The first kappa shape index (κ1) is 19.0. The van der Waals surface area contributed by atoms with Crippen molar-refractivity contribution in [3.8, 4) is 11.1 Å². The zero-order valence-electron chi connectivity index (χ0n) is 16.2. The van der Waals surface area contributed by atoms with Gasteiger partial charge in [0.05, 0.1) is 28.9 Å². The average molecular weight is 430 g/mol. The maximum atomic E-state index is 15.1. The molecular formula is C21H18ClF2N5O. The third-order valence-corrected chi connectivity index (χ3v) is 5.80. The summed E-state index contributed by atoms with van der Waals surface area (Å²) in [5, 5.41) is 10.4. The normalized spacial score (nSPS) is 18.5. The van der Waals surface area contributed by atoms with Crippen LogP contribution in [0, 0.1) is 11.7 Å². The van der Waals surface area contributed by atoms with Gasteiger partial charge in [0.1, 0.15) is 17.6 Å². The molecule has 0 radical (unpaired) electrons. The lowest BCUT2D eigenvalue weighted by Crippen LogP contribution is -2.15. The minimum Gasteiger partial charge on any atom is -0.309 e. The Balaban J connectivity index is 1.59. The molecule has 0 bridgehead atoms. The number of nitrogens with one attached hydrogen (secondary N) is 2. The molecule has 3 heterocycles. The molecule has 154 valence electrons. The summed E-state index contributed by atoms with van der Waals surface area (Å²) in [5.74, 6) is -1.18. The Morgan fingerprint density at radius 1 is 1.37 bits per heavy atom. The highest BCUT2D eigenvalue weighted by molar-refractivity contribution is 6.35. The first-order chi connectivity index (χ1) is 14.3. The number of amides is 1. The second-order valence-electron chi connectivity index (χ2n) is 7.89. The third-order valence-electron chi connectivity index (χ3n) is 5.44. The van der Waals surface area contributed by atoms with Crippen LogP contribution in [0.3, 0.4) is 0 Å². The number of aromatic amines is 1. The molecule has 6 nitrogen and oxygen atoms in total. The van der Waals surface area contributed by atoms with Gasteiger partial charge in [0.2, 0.25) is 5.91 Å². The van der Waals surface area contributed by atoms with Crippen LogP contribution in [0.25, 0.3) is 27.7 Å². The van der Waals surface area contributed by atoms with Gasteiger partial charge in [-0.1, -0.05) is 25.4 Å². The first-order valence-corrected chi connectivity index (χ1v) is 10.0. The van der Waals surface area contributed by atoms with E-state index in [1.165, 1.54) is 0 Å². The fourth-order valence-electron chi connectivity index (χ4n) is 3.82. The van der Waals surface area contributed by atoms with E-state index in [2.05, 4.69) is 20.5 Å². The molecule has 2 unspecified atom stereocenters. The van der Waals surface area contributed by atoms with Gasteiger partial charge < -0.3 is 9.72 Å². The van der Waals surface area contributed by atoms with Gasteiger partial charge in [0.25, 0.3) is 0 Å². The zero-order chi connectivity index (χ0) is 21.2. The number of anilines is 1. The molecule has 0 aliphatic heterocycles. The number of imidazole rings is 1. The van der Waals surface area contributed by atoms with Gasteiger partial charge in [-0.3, -0.25) is 9.89 Å². The molecule has 1 aliphatic carbocycles. The Morgan fingerprint density at radius 2 is 2.13 bits per heavy atom. The van der Waals surface area contributed by atoms with E-state index in [4.69, 9.17) is 11.6 Å². The minimum absolute atomic E-state index is 0.0308. The lowest BCUT2D eigenvalue weighted by Gasteiger charge is -2.14. The van der Waals surface area contributed by atoms with E-state index in [0.29, 0.717) is 33.7 Å². The molecule has 1 amide bonds. The Morgan fingerprint density at radius 3 is 2.83 bits per heavy atom. The zero-order valence-corrected chi connectivity index (χ0v) is 17.0. The predicted molar refractivity (Wildman–Crippen MR) is 111 cm³/mol. The highest BCUT2D eigenvalue weighted by atomic mass is 35.5. The molecule has 1 fully saturated rings. The molecule has 2 atom stereocenters. The number of fused-ring (bicyclic) bond motifs is 2. The Labute approximate surface area is 175 Å². The summed E-state index contributed by atoms with van der Waals surface area (Å²) < 4.78 is 29.9. The number of pyridine rings is 1. The summed E-state index contributed by atoms with van der Waals surface area (Å²) in [5.41, 5.74) is 2.90. The van der Waals surface area contributed by atoms with E-state index in [1.54, 1.807) is 35.1 Å². The highest BCUT2D eigenvalue weighted by Gasteiger charge is 2.43. The quantitative estimate of drug-likeness (QED) is 0.474. The number of aromatic nitrogens is 4. The standard InChI is InChI=1S/C21H18ClF2N5O/c1-9(2)16-19(24)18(22)17(12-6-25-28-20(12)16)10-3-4-15-26-14(8-29(15)7-10)27-21(30)11-5-13(11)23/h3-4,6-9,11,13H,5H2,1-2H3,(H,25,28)(H,27,30). The maximum Gasteiger partial charge on any atom is 0.231 e. The molecule has 0 spiro atoms. The van der Waals surface area contributed by atoms with E-state index in [-0.39, 0.29) is 23.3 Å². The molecule has 5 rings (SSSR count). The Bertz CT molecular complexity index is 1310. The second kappa shape index (κ2) is 6.77. The van der Waals surface area contributed by atoms with Crippen molar-refractivity contribution in [3.63, 3.8) is 0 Å². The number of rotatable bonds is 4. The van der Waals surface area contributed by atoms with Crippen molar-refractivity contribution in [2.45, 2.75) is 32.4 Å². The monoisotopic (exact) mass is 429 g/mol. The minimum atomic E-state index is -1.07. The lowest BCUT2D eigenvalue weighted by atomic mass is 9.94. The first-order valence-electron chi connectivity index (χ1n) is 9.63. The molecule has 0 saturated heterocycles. The van der Waals surface area contributed by atoms with E-state index >= 15 is 4.39 Å². The summed E-state index contributed by atoms with van der Waals surface area (Å²) in [7, 11) is 0. The Kier molecular flexibility index (Phi) is 4.28. The highest BCUT2D eigenvalue weighted by Crippen LogP contribution is 2.41. The Hall–Kier alpha value is -3.00. The molecule has 3 aromatic heterocycles. The van der Waals surface area contributed by atoms with Crippen LogP contribution in [0.15, 0.2) is 30.7 Å². The van der Waals surface area contributed by atoms with Crippen LogP contribution in [0.1, 0.15) is 31.7 Å². The fraction of sp³-hybridized carbons (Fsp3) is 0.286. The van der Waals surface area contributed by atoms with Gasteiger partial charge in [0, 0.05) is 28.3 Å². The van der Waals surface area contributed by atoms with Crippen molar-refractivity contribution < 1.29 is 13.6 Å². The van der Waals surface area contributed by atoms with E-state index < -0.39 is 17.9 Å². The third kappa shape index (κ3) is 2.94. The predicted octanol–water partition coefficient (Wildman–Crippen LogP) is 5.09. The van der Waals surface area contributed by atoms with Crippen LogP contribution in [0.2, 0.25) is 5.02 Å². The molecule has 4 aromatic rings. The second-order valence-corrected chi connectivity index (χ2v) is 8.26. The average Bonchev–Trinajstić information content (AvgIpc) is 3.08. The van der Waals surface area contributed by atoms with Crippen molar-refractivity contribution in [2.24, 2.45) is 5.92 Å². The maximum absolute atomic E-state index is 15.1. The molecule has 1 aliphatic rings. The van der Waals surface area contributed by atoms with Gasteiger partial charge in [0.15, 0.2) is 5.82 Å². The van der Waals surface area contributed by atoms with E-state index in [1.807, 2.05) is 13.8 Å². The van der Waals surface area contributed by atoms with Crippen LogP contribution >= 0.6 is 11.6 Å². The molecule has 9 heteroatoms. The van der Waals surface area contributed by atoms with Crippen molar-refractivity contribution in [1.82, 2.24) is 19.6 Å². The van der Waals surface area contributed by atoms with E-state index in [0.717, 1.165) is 5.39 Å². The number of halogens is 3. The summed E-state index contributed by atoms with van der Waals surface area (Å²) in [4.78, 5) is 16.3. The van der Waals surface area contributed by atoms with Gasteiger partial charge in [-0.15, -0.1) is 0 Å². The van der Waals surface area contributed by atoms with Crippen LogP contribution in [-0.2, 0) is 4.79 Å². The van der Waals surface area contributed by atoms with Crippen LogP contribution in [0.5, 0.6) is 0 Å². The number of benzene rings is 1. The number of H-pyrrole nitrogens is 1. The smallest absolute Gasteiger partial charge is 0.231 e. The molecule has 1 saturated carbocycles. The summed E-state index contributed by atoms with van der Waals surface area (Å²) in [6.45, 7) is 3.80. The molecule has 2 N–H and O–H groups in total. The number of carbonyl (C=O) groups excluding carboxylic acids is 1. The van der Waals surface area contributed by atoms with Crippen molar-refractivity contribution in [3.05, 3.63) is 47.1 Å². The fourth-order valence-corrected chi connectivity index (χ4v) is 4.13. The van der Waals surface area contributed by atoms with Gasteiger partial charge in [-0.05, 0) is 24.5 Å². The van der Waals surface area contributed by atoms with Crippen molar-refractivity contribution in [1.29, 1.82) is 0 Å². The number of alkyl halides is 1. The van der Waals surface area contributed by atoms with Gasteiger partial charge in [-0.2, -0.15) is 5.10 Å². The number of hydrogen-bond donors (Lipinski definition) is 2. The number of nitrogens with zero attached hydrogens (tertiary/aromatic N) is 3. The molecular weight excluding hydrogens is 412 g/mol. The van der Waals surface area contributed by atoms with Crippen LogP contribution in [-0.4, -0.2) is 31.7 Å². The summed E-state index contributed by atoms with van der Waals surface area (Å²) in [6.07, 6.45) is 4.20. The lowest BCUT2D eigenvalue weighted by molar-refractivity contribution is -0.117. The summed E-state index contributed by atoms with van der Waals surface area (Å²) in [6, 6.07) is 3.53. The molecule has 30 heavy (non-hydrogen) atoms. The topological polar surface area (TPSA) is 75.1 Å².